The zero-order valence-electron chi connectivity index (χ0n) is 17.8. The number of benzene rings is 2. The molecule has 1 fully saturated rings. The van der Waals surface area contributed by atoms with E-state index in [9.17, 15) is 32.6 Å². The van der Waals surface area contributed by atoms with E-state index < -0.39 is 47.2 Å². The van der Waals surface area contributed by atoms with Gasteiger partial charge in [-0.25, -0.2) is 4.39 Å². The smallest absolute Gasteiger partial charge is 0.405 e. The number of carbonyl (C=O) groups is 1. The van der Waals surface area contributed by atoms with Crippen LogP contribution >= 0.6 is 0 Å². The van der Waals surface area contributed by atoms with Crippen molar-refractivity contribution in [2.45, 2.75) is 43.9 Å². The molecule has 0 amide bonds. The summed E-state index contributed by atoms with van der Waals surface area (Å²) in [5, 5.41) is 20.6. The van der Waals surface area contributed by atoms with E-state index in [4.69, 9.17) is 4.74 Å². The molecule has 2 heterocycles. The van der Waals surface area contributed by atoms with E-state index in [0.29, 0.717) is 27.8 Å². The summed E-state index contributed by atoms with van der Waals surface area (Å²) in [4.78, 5) is 11.7. The Hall–Kier alpha value is -3.07. The van der Waals surface area contributed by atoms with Gasteiger partial charge in [-0.3, -0.25) is 4.79 Å². The molecule has 1 aromatic heterocycles. The Morgan fingerprint density at radius 2 is 1.73 bits per heavy atom. The van der Waals surface area contributed by atoms with Gasteiger partial charge in [-0.05, 0) is 36.4 Å². The lowest BCUT2D eigenvalue weighted by Crippen LogP contribution is -2.64. The first-order valence-corrected chi connectivity index (χ1v) is 10.4. The number of hydrogen-bond donors (Lipinski definition) is 2. The molecule has 3 aromatic rings. The van der Waals surface area contributed by atoms with Gasteiger partial charge < -0.3 is 19.5 Å². The summed E-state index contributed by atoms with van der Waals surface area (Å²) in [7, 11) is 0. The van der Waals surface area contributed by atoms with Gasteiger partial charge in [-0.1, -0.05) is 19.9 Å². The van der Waals surface area contributed by atoms with Crippen LogP contribution in [0.2, 0.25) is 0 Å². The molecule has 1 spiro atoms. The molecule has 0 atom stereocenters. The summed E-state index contributed by atoms with van der Waals surface area (Å²) >= 11 is 0. The Labute approximate surface area is 186 Å². The molecule has 5 rings (SSSR count). The zero-order chi connectivity index (χ0) is 24.0. The molecule has 9 heteroatoms. The first kappa shape index (κ1) is 21.8. The second-order valence-corrected chi connectivity index (χ2v) is 9.61. The fraction of sp³-hybridized carbons (Fsp3) is 0.375. The van der Waals surface area contributed by atoms with Crippen LogP contribution in [0.1, 0.15) is 37.9 Å². The topological polar surface area (TPSA) is 71.7 Å². The maximum atomic E-state index is 13.8. The van der Waals surface area contributed by atoms with E-state index in [-0.39, 0.29) is 12.4 Å². The average Bonchev–Trinajstić information content (AvgIpc) is 3.05. The molecule has 0 unspecified atom stereocenters. The number of phenolic OH excluding ortho intramolecular Hbond substituents is 1. The number of carboxylic acids is 1. The third-order valence-electron chi connectivity index (χ3n) is 6.99. The van der Waals surface area contributed by atoms with Crippen molar-refractivity contribution < 1.29 is 37.3 Å². The molecule has 2 N–H and O–H groups in total. The highest BCUT2D eigenvalue weighted by Gasteiger charge is 2.75. The Bertz CT molecular complexity index is 1280. The van der Waals surface area contributed by atoms with Crippen LogP contribution in [0.25, 0.3) is 16.6 Å². The molecule has 1 aliphatic heterocycles. The summed E-state index contributed by atoms with van der Waals surface area (Å²) in [6.07, 6.45) is -6.55. The van der Waals surface area contributed by atoms with Crippen LogP contribution in [0.5, 0.6) is 5.75 Å². The van der Waals surface area contributed by atoms with Crippen molar-refractivity contribution in [1.29, 1.82) is 0 Å². The SMILES string of the molecule is CC1(C)CO[C@]2(C[C@](C(=O)O)(C(F)(F)F)C2)c2c1n(-c1ccc(F)cc1)c1cccc(O)c12. The van der Waals surface area contributed by atoms with Crippen LogP contribution in [0.4, 0.5) is 17.6 Å². The van der Waals surface area contributed by atoms with Crippen molar-refractivity contribution in [2.24, 2.45) is 5.41 Å². The van der Waals surface area contributed by atoms with Crippen molar-refractivity contribution in [3.05, 3.63) is 59.5 Å². The molecule has 33 heavy (non-hydrogen) atoms. The van der Waals surface area contributed by atoms with Crippen LogP contribution in [0, 0.1) is 11.2 Å². The Morgan fingerprint density at radius 3 is 2.30 bits per heavy atom. The number of phenols is 1. The monoisotopic (exact) mass is 463 g/mol. The maximum Gasteiger partial charge on any atom is 0.405 e. The predicted molar refractivity (Wildman–Crippen MR) is 111 cm³/mol. The number of aromatic hydroxyl groups is 1. The third-order valence-corrected chi connectivity index (χ3v) is 6.99. The van der Waals surface area contributed by atoms with Crippen molar-refractivity contribution in [3.8, 4) is 11.4 Å². The van der Waals surface area contributed by atoms with Crippen LogP contribution in [-0.4, -0.2) is 33.5 Å². The largest absolute Gasteiger partial charge is 0.507 e. The lowest BCUT2D eigenvalue weighted by Gasteiger charge is -2.57. The van der Waals surface area contributed by atoms with Crippen LogP contribution in [-0.2, 0) is 20.5 Å². The van der Waals surface area contributed by atoms with Gasteiger partial charge in [-0.15, -0.1) is 0 Å². The maximum absolute atomic E-state index is 13.8. The van der Waals surface area contributed by atoms with Crippen molar-refractivity contribution in [1.82, 2.24) is 4.57 Å². The number of aliphatic carboxylic acids is 1. The predicted octanol–water partition coefficient (Wildman–Crippen LogP) is 5.41. The zero-order valence-corrected chi connectivity index (χ0v) is 17.8. The fourth-order valence-electron chi connectivity index (χ4n) is 5.40. The molecule has 174 valence electrons. The van der Waals surface area contributed by atoms with Gasteiger partial charge in [0.2, 0.25) is 0 Å². The number of carboxylic acid groups (broad SMARTS) is 1. The Kier molecular flexibility index (Phi) is 4.28. The number of nitrogens with zero attached hydrogens (tertiary/aromatic N) is 1. The van der Waals surface area contributed by atoms with E-state index >= 15 is 0 Å². The number of fused-ring (bicyclic) bond motifs is 4. The molecular formula is C24H21F4NO4. The van der Waals surface area contributed by atoms with Gasteiger partial charge in [0.15, 0.2) is 5.41 Å². The highest BCUT2D eigenvalue weighted by Crippen LogP contribution is 2.67. The Balaban J connectivity index is 1.83. The molecule has 0 radical (unpaired) electrons. The van der Waals surface area contributed by atoms with Crippen LogP contribution in [0.15, 0.2) is 42.5 Å². The van der Waals surface area contributed by atoms with E-state index in [2.05, 4.69) is 0 Å². The van der Waals surface area contributed by atoms with Crippen molar-refractivity contribution >= 4 is 16.9 Å². The molecule has 2 aliphatic rings. The second kappa shape index (κ2) is 6.50. The van der Waals surface area contributed by atoms with Crippen LogP contribution in [0.3, 0.4) is 0 Å². The van der Waals surface area contributed by atoms with Gasteiger partial charge >= 0.3 is 12.1 Å². The minimum atomic E-state index is -4.96. The highest BCUT2D eigenvalue weighted by molar-refractivity contribution is 5.94. The number of ether oxygens (including phenoxy) is 1. The first-order chi connectivity index (χ1) is 15.3. The van der Waals surface area contributed by atoms with E-state index in [1.54, 1.807) is 28.8 Å². The van der Waals surface area contributed by atoms with Gasteiger partial charge in [0.25, 0.3) is 0 Å². The number of halogens is 4. The number of rotatable bonds is 2. The molecule has 5 nitrogen and oxygen atoms in total. The Morgan fingerprint density at radius 1 is 1.09 bits per heavy atom. The summed E-state index contributed by atoms with van der Waals surface area (Å²) in [6, 6.07) is 10.4. The first-order valence-electron chi connectivity index (χ1n) is 10.4. The molecule has 0 saturated heterocycles. The minimum Gasteiger partial charge on any atom is -0.507 e. The summed E-state index contributed by atoms with van der Waals surface area (Å²) in [5.41, 5.74) is -3.10. The summed E-state index contributed by atoms with van der Waals surface area (Å²) in [5.74, 6) is -2.53. The molecule has 0 bridgehead atoms. The fourth-order valence-corrected chi connectivity index (χ4v) is 5.40. The van der Waals surface area contributed by atoms with E-state index in [1.165, 1.54) is 18.2 Å². The number of hydrogen-bond acceptors (Lipinski definition) is 3. The minimum absolute atomic E-state index is 0.0475. The van der Waals surface area contributed by atoms with Gasteiger partial charge in [0, 0.05) is 40.6 Å². The normalized spacial score (nSPS) is 26.2. The standard InChI is InChI=1S/C24H21F4NO4/c1-21(2)12-33-23(10-22(11-23,20(31)32)24(26,27)28)18-17-15(4-3-5-16(17)30)29(19(18)21)14-8-6-13(25)7-9-14/h3-9,30H,10-12H2,1-2H3,(H,31,32)/t22-,23-. The molecule has 1 saturated carbocycles. The lowest BCUT2D eigenvalue weighted by atomic mass is 9.54. The third kappa shape index (κ3) is 2.78. The van der Waals surface area contributed by atoms with Gasteiger partial charge in [-0.2, -0.15) is 13.2 Å². The highest BCUT2D eigenvalue weighted by atomic mass is 19.4. The average molecular weight is 463 g/mol. The van der Waals surface area contributed by atoms with Crippen molar-refractivity contribution in [2.75, 3.05) is 6.61 Å². The molecule has 2 aromatic carbocycles. The molecule has 1 aliphatic carbocycles. The number of alkyl halides is 3. The second-order valence-electron chi connectivity index (χ2n) is 9.61. The summed E-state index contributed by atoms with van der Waals surface area (Å²) in [6.45, 7) is 3.77. The van der Waals surface area contributed by atoms with Crippen molar-refractivity contribution in [3.63, 3.8) is 0 Å². The molecular weight excluding hydrogens is 442 g/mol. The lowest BCUT2D eigenvalue weighted by molar-refractivity contribution is -0.307. The van der Waals surface area contributed by atoms with Gasteiger partial charge in [0.05, 0.1) is 17.7 Å². The quantitative estimate of drug-likeness (QED) is 0.499. The van der Waals surface area contributed by atoms with E-state index in [0.717, 1.165) is 0 Å². The number of aromatic nitrogens is 1. The van der Waals surface area contributed by atoms with E-state index in [1.807, 2.05) is 13.8 Å². The summed E-state index contributed by atoms with van der Waals surface area (Å²) < 4.78 is 63.0. The van der Waals surface area contributed by atoms with Crippen LogP contribution < -0.4 is 0 Å². The van der Waals surface area contributed by atoms with Gasteiger partial charge in [0.1, 0.15) is 11.6 Å².